The summed E-state index contributed by atoms with van der Waals surface area (Å²) in [5, 5.41) is 3.03. The molecule has 1 atom stereocenters. The van der Waals surface area contributed by atoms with Gasteiger partial charge in [-0.2, -0.15) is 0 Å². The highest BCUT2D eigenvalue weighted by Crippen LogP contribution is 2.26. The summed E-state index contributed by atoms with van der Waals surface area (Å²) in [5.74, 6) is -0.739. The summed E-state index contributed by atoms with van der Waals surface area (Å²) in [7, 11) is -4.13. The Kier molecular flexibility index (Phi) is 11.5. The minimum absolute atomic E-state index is 0.0887. The quantitative estimate of drug-likeness (QED) is 0.165. The lowest BCUT2D eigenvalue weighted by atomic mass is 10.0. The molecule has 4 rings (SSSR count). The zero-order valence-electron chi connectivity index (χ0n) is 26.6. The predicted octanol–water partition coefficient (Wildman–Crippen LogP) is 6.36. The van der Waals surface area contributed by atoms with Gasteiger partial charge in [0.25, 0.3) is 10.0 Å². The second-order valence-corrected chi connectivity index (χ2v) is 13.4. The van der Waals surface area contributed by atoms with Gasteiger partial charge < -0.3 is 10.2 Å². The van der Waals surface area contributed by atoms with Crippen molar-refractivity contribution >= 4 is 27.5 Å². The molecule has 236 valence electrons. The van der Waals surface area contributed by atoms with Crippen molar-refractivity contribution in [2.45, 2.75) is 64.4 Å². The second-order valence-electron chi connectivity index (χ2n) is 11.5. The van der Waals surface area contributed by atoms with Crippen LogP contribution in [-0.2, 0) is 32.6 Å². The van der Waals surface area contributed by atoms with Gasteiger partial charge in [0.1, 0.15) is 12.6 Å². The monoisotopic (exact) mass is 625 g/mol. The van der Waals surface area contributed by atoms with Crippen LogP contribution in [0.25, 0.3) is 0 Å². The Hall–Kier alpha value is -4.43. The van der Waals surface area contributed by atoms with Gasteiger partial charge in [0.15, 0.2) is 0 Å². The summed E-state index contributed by atoms with van der Waals surface area (Å²) in [6.45, 7) is 7.95. The van der Waals surface area contributed by atoms with Gasteiger partial charge in [-0.25, -0.2) is 8.42 Å². The lowest BCUT2D eigenvalue weighted by Crippen LogP contribution is -2.53. The van der Waals surface area contributed by atoms with Crippen molar-refractivity contribution in [1.29, 1.82) is 0 Å². The third kappa shape index (κ3) is 9.05. The topological polar surface area (TPSA) is 86.8 Å². The number of hydrogen-bond donors (Lipinski definition) is 1. The van der Waals surface area contributed by atoms with E-state index in [0.717, 1.165) is 45.0 Å². The van der Waals surface area contributed by atoms with Gasteiger partial charge in [-0.3, -0.25) is 13.9 Å². The molecule has 7 nitrogen and oxygen atoms in total. The van der Waals surface area contributed by atoms with Crippen LogP contribution in [0, 0.1) is 20.8 Å². The molecule has 45 heavy (non-hydrogen) atoms. The minimum atomic E-state index is -4.13. The zero-order valence-corrected chi connectivity index (χ0v) is 27.4. The molecule has 0 radical (unpaired) electrons. The van der Waals surface area contributed by atoms with Crippen LogP contribution in [0.2, 0.25) is 0 Å². The molecule has 8 heteroatoms. The maximum absolute atomic E-state index is 14.5. The summed E-state index contributed by atoms with van der Waals surface area (Å²) in [4.78, 5) is 30.0. The zero-order chi connectivity index (χ0) is 32.4. The number of nitrogens with one attached hydrogen (secondary N) is 1. The molecule has 0 aliphatic heterocycles. The molecule has 0 bridgehead atoms. The fraction of sp³-hybridized carbons (Fsp3) is 0.297. The van der Waals surface area contributed by atoms with Crippen molar-refractivity contribution in [3.8, 4) is 0 Å². The molecule has 1 N–H and O–H groups in total. The van der Waals surface area contributed by atoms with Crippen LogP contribution < -0.4 is 9.62 Å². The number of nitrogens with zero attached hydrogens (tertiary/aromatic N) is 2. The number of sulfonamides is 1. The van der Waals surface area contributed by atoms with Gasteiger partial charge >= 0.3 is 0 Å². The van der Waals surface area contributed by atoms with Crippen molar-refractivity contribution < 1.29 is 18.0 Å². The molecule has 2 amide bonds. The van der Waals surface area contributed by atoms with Crippen LogP contribution in [0.15, 0.2) is 108 Å². The third-order valence-electron chi connectivity index (χ3n) is 7.71. The van der Waals surface area contributed by atoms with Crippen molar-refractivity contribution in [2.75, 3.05) is 17.4 Å². The van der Waals surface area contributed by atoms with E-state index in [1.165, 1.54) is 4.90 Å². The normalized spacial score (nSPS) is 11.9. The molecular formula is C37H43N3O4S. The SMILES string of the molecule is CCCCNC(=O)[C@@H](Cc1ccccc1)N(Cc1cccc(C)c1)C(=O)CN(c1cccc(C)c1)S(=O)(=O)c1ccc(C)cc1. The van der Waals surface area contributed by atoms with E-state index in [2.05, 4.69) is 12.2 Å². The number of amides is 2. The van der Waals surface area contributed by atoms with Gasteiger partial charge in [-0.1, -0.05) is 103 Å². The van der Waals surface area contributed by atoms with Gasteiger partial charge in [-0.15, -0.1) is 0 Å². The molecule has 0 aromatic heterocycles. The molecule has 0 heterocycles. The standard InChI is InChI=1S/C37H43N3O4S/c1-5-6-22-38-37(42)35(25-31-14-8-7-9-15-31)39(26-32-16-10-12-29(3)23-32)36(41)27-40(33-17-11-13-30(4)24-33)45(43,44)34-20-18-28(2)19-21-34/h7-21,23-24,35H,5-6,22,25-27H2,1-4H3,(H,38,42)/t35-/m1/s1. The average Bonchev–Trinajstić information content (AvgIpc) is 3.02. The highest BCUT2D eigenvalue weighted by molar-refractivity contribution is 7.92. The van der Waals surface area contributed by atoms with Crippen LogP contribution in [-0.4, -0.2) is 44.3 Å². The minimum Gasteiger partial charge on any atom is -0.354 e. The lowest BCUT2D eigenvalue weighted by Gasteiger charge is -2.34. The van der Waals surface area contributed by atoms with E-state index in [-0.39, 0.29) is 23.8 Å². The van der Waals surface area contributed by atoms with Crippen molar-refractivity contribution in [3.05, 3.63) is 131 Å². The maximum Gasteiger partial charge on any atom is 0.264 e. The van der Waals surface area contributed by atoms with Crippen LogP contribution >= 0.6 is 0 Å². The lowest BCUT2D eigenvalue weighted by molar-refractivity contribution is -0.140. The number of rotatable bonds is 14. The van der Waals surface area contributed by atoms with Crippen LogP contribution in [0.1, 0.15) is 47.6 Å². The summed E-state index contributed by atoms with van der Waals surface area (Å²) < 4.78 is 29.5. The largest absolute Gasteiger partial charge is 0.354 e. The van der Waals surface area contributed by atoms with Crippen LogP contribution in [0.5, 0.6) is 0 Å². The fourth-order valence-electron chi connectivity index (χ4n) is 5.22. The Morgan fingerprint density at radius 2 is 1.40 bits per heavy atom. The first-order valence-corrected chi connectivity index (χ1v) is 16.8. The summed E-state index contributed by atoms with van der Waals surface area (Å²) in [6, 6.07) is 30.2. The summed E-state index contributed by atoms with van der Waals surface area (Å²) in [6.07, 6.45) is 2.01. The molecule has 0 unspecified atom stereocenters. The maximum atomic E-state index is 14.5. The van der Waals surface area contributed by atoms with E-state index in [1.54, 1.807) is 42.5 Å². The van der Waals surface area contributed by atoms with E-state index in [4.69, 9.17) is 0 Å². The predicted molar refractivity (Wildman–Crippen MR) is 180 cm³/mol. The molecule has 0 saturated heterocycles. The Morgan fingerprint density at radius 3 is 2.04 bits per heavy atom. The number of hydrogen-bond acceptors (Lipinski definition) is 4. The average molecular weight is 626 g/mol. The molecule has 0 fully saturated rings. The van der Waals surface area contributed by atoms with Crippen molar-refractivity contribution in [2.24, 2.45) is 0 Å². The molecule has 0 saturated carbocycles. The Balaban J connectivity index is 1.79. The van der Waals surface area contributed by atoms with E-state index in [1.807, 2.05) is 81.4 Å². The first-order chi connectivity index (χ1) is 21.6. The second kappa shape index (κ2) is 15.5. The van der Waals surface area contributed by atoms with Crippen molar-refractivity contribution in [3.63, 3.8) is 0 Å². The van der Waals surface area contributed by atoms with Crippen molar-refractivity contribution in [1.82, 2.24) is 10.2 Å². The number of carbonyl (C=O) groups excluding carboxylic acids is 2. The fourth-order valence-corrected chi connectivity index (χ4v) is 6.62. The Labute approximate surface area is 268 Å². The molecular weight excluding hydrogens is 582 g/mol. The summed E-state index contributed by atoms with van der Waals surface area (Å²) >= 11 is 0. The van der Waals surface area contributed by atoms with E-state index in [9.17, 15) is 18.0 Å². The highest BCUT2D eigenvalue weighted by atomic mass is 32.2. The van der Waals surface area contributed by atoms with Gasteiger partial charge in [0, 0.05) is 19.5 Å². The number of carbonyl (C=O) groups is 2. The molecule has 0 aliphatic carbocycles. The molecule has 4 aromatic carbocycles. The van der Waals surface area contributed by atoms with E-state index < -0.39 is 28.5 Å². The highest BCUT2D eigenvalue weighted by Gasteiger charge is 2.34. The summed E-state index contributed by atoms with van der Waals surface area (Å²) in [5.41, 5.74) is 4.94. The Morgan fingerprint density at radius 1 is 0.756 bits per heavy atom. The van der Waals surface area contributed by atoms with Crippen LogP contribution in [0.3, 0.4) is 0 Å². The molecule has 4 aromatic rings. The molecule has 0 spiro atoms. The van der Waals surface area contributed by atoms with E-state index in [0.29, 0.717) is 12.2 Å². The number of anilines is 1. The van der Waals surface area contributed by atoms with E-state index >= 15 is 0 Å². The van der Waals surface area contributed by atoms with Crippen LogP contribution in [0.4, 0.5) is 5.69 Å². The Bertz CT molecular complexity index is 1690. The van der Waals surface area contributed by atoms with Gasteiger partial charge in [0.05, 0.1) is 10.6 Å². The molecule has 0 aliphatic rings. The number of aryl methyl sites for hydroxylation is 3. The smallest absolute Gasteiger partial charge is 0.264 e. The number of unbranched alkanes of at least 4 members (excludes halogenated alkanes) is 1. The number of benzene rings is 4. The third-order valence-corrected chi connectivity index (χ3v) is 9.50. The first kappa shape index (κ1) is 33.5. The van der Waals surface area contributed by atoms with Gasteiger partial charge in [-0.05, 0) is 68.1 Å². The van der Waals surface area contributed by atoms with Gasteiger partial charge in [0.2, 0.25) is 11.8 Å². The first-order valence-electron chi connectivity index (χ1n) is 15.4.